The number of nitrogens with zero attached hydrogens (tertiary/aromatic N) is 3. The monoisotopic (exact) mass is 303 g/mol. The molecule has 0 bridgehead atoms. The second kappa shape index (κ2) is 4.61. The number of rotatable bonds is 1. The third kappa shape index (κ3) is 2.76. The van der Waals surface area contributed by atoms with Crippen molar-refractivity contribution in [2.45, 2.75) is 25.7 Å². The second-order valence-corrected chi connectivity index (χ2v) is 4.93. The number of anilines is 1. The van der Waals surface area contributed by atoms with Gasteiger partial charge in [-0.2, -0.15) is 18.2 Å². The highest BCUT2D eigenvalue weighted by atomic mass is 19.4. The number of alkyl halides is 3. The number of nitrogens with two attached hydrogens (primary N) is 2. The van der Waals surface area contributed by atoms with Crippen molar-refractivity contribution in [1.29, 1.82) is 0 Å². The highest BCUT2D eigenvalue weighted by Gasteiger charge is 2.37. The minimum Gasteiger partial charge on any atom is -0.369 e. The van der Waals surface area contributed by atoms with Gasteiger partial charge in [0.05, 0.1) is 5.56 Å². The summed E-state index contributed by atoms with van der Waals surface area (Å²) in [5.41, 5.74) is 8.79. The Labute approximate surface area is 118 Å². The lowest BCUT2D eigenvalue weighted by atomic mass is 10.1. The Morgan fingerprint density at radius 1 is 1.19 bits per heavy atom. The summed E-state index contributed by atoms with van der Waals surface area (Å²) in [6.07, 6.45) is -4.81. The maximum atomic E-state index is 13.3. The van der Waals surface area contributed by atoms with E-state index >= 15 is 0 Å². The highest BCUT2D eigenvalue weighted by molar-refractivity contribution is 6.05. The van der Waals surface area contributed by atoms with Crippen molar-refractivity contribution in [2.75, 3.05) is 4.90 Å². The standard InChI is InChI=1S/C12H13F4N5/c1-11(2)20-9(17)19-10(18)21(11)6-3-4-8(13)7(5-6)12(14,15)16/h3-5H,1-2H3,(H4,17,18,19,20). The summed E-state index contributed by atoms with van der Waals surface area (Å²) in [4.78, 5) is 8.99. The van der Waals surface area contributed by atoms with Gasteiger partial charge in [-0.15, -0.1) is 0 Å². The number of halogens is 4. The highest BCUT2D eigenvalue weighted by Crippen LogP contribution is 2.36. The zero-order valence-electron chi connectivity index (χ0n) is 11.2. The van der Waals surface area contributed by atoms with Crippen molar-refractivity contribution in [3.8, 4) is 0 Å². The summed E-state index contributed by atoms with van der Waals surface area (Å²) >= 11 is 0. The Kier molecular flexibility index (Phi) is 3.31. The smallest absolute Gasteiger partial charge is 0.369 e. The second-order valence-electron chi connectivity index (χ2n) is 4.93. The van der Waals surface area contributed by atoms with Gasteiger partial charge in [0.1, 0.15) is 11.5 Å². The quantitative estimate of drug-likeness (QED) is 0.779. The van der Waals surface area contributed by atoms with E-state index in [1.807, 2.05) is 0 Å². The van der Waals surface area contributed by atoms with E-state index in [0.717, 1.165) is 6.07 Å². The molecule has 0 fully saturated rings. The predicted molar refractivity (Wildman–Crippen MR) is 71.2 cm³/mol. The fourth-order valence-corrected chi connectivity index (χ4v) is 2.12. The molecule has 4 N–H and O–H groups in total. The van der Waals surface area contributed by atoms with Gasteiger partial charge in [0.15, 0.2) is 0 Å². The van der Waals surface area contributed by atoms with E-state index in [0.29, 0.717) is 6.07 Å². The van der Waals surface area contributed by atoms with Crippen LogP contribution in [0.15, 0.2) is 28.2 Å². The van der Waals surface area contributed by atoms with Crippen LogP contribution in [0.5, 0.6) is 0 Å². The van der Waals surface area contributed by atoms with Gasteiger partial charge in [0.25, 0.3) is 0 Å². The molecule has 0 radical (unpaired) electrons. The summed E-state index contributed by atoms with van der Waals surface area (Å²) in [6.45, 7) is 3.19. The van der Waals surface area contributed by atoms with Crippen LogP contribution in [-0.4, -0.2) is 17.6 Å². The largest absolute Gasteiger partial charge is 0.419 e. The van der Waals surface area contributed by atoms with Gasteiger partial charge < -0.3 is 11.5 Å². The molecule has 0 aromatic heterocycles. The molecule has 9 heteroatoms. The van der Waals surface area contributed by atoms with Gasteiger partial charge in [0.2, 0.25) is 11.9 Å². The molecule has 1 aliphatic heterocycles. The lowest BCUT2D eigenvalue weighted by Crippen LogP contribution is -2.54. The number of hydrogen-bond donors (Lipinski definition) is 2. The van der Waals surface area contributed by atoms with Gasteiger partial charge in [0, 0.05) is 5.69 Å². The molecule has 1 aliphatic rings. The zero-order chi connectivity index (χ0) is 16.0. The van der Waals surface area contributed by atoms with E-state index in [4.69, 9.17) is 11.5 Å². The Hall–Kier alpha value is -2.32. The molecule has 114 valence electrons. The first kappa shape index (κ1) is 15.1. The van der Waals surface area contributed by atoms with Crippen LogP contribution in [0.3, 0.4) is 0 Å². The third-order valence-corrected chi connectivity index (χ3v) is 2.91. The molecule has 0 saturated carbocycles. The summed E-state index contributed by atoms with van der Waals surface area (Å²) in [6, 6.07) is 2.56. The van der Waals surface area contributed by atoms with Crippen molar-refractivity contribution in [3.63, 3.8) is 0 Å². The summed E-state index contributed by atoms with van der Waals surface area (Å²) < 4.78 is 51.7. The van der Waals surface area contributed by atoms with E-state index in [9.17, 15) is 17.6 Å². The van der Waals surface area contributed by atoms with E-state index in [1.165, 1.54) is 11.0 Å². The van der Waals surface area contributed by atoms with E-state index in [1.54, 1.807) is 13.8 Å². The summed E-state index contributed by atoms with van der Waals surface area (Å²) in [5, 5.41) is 0. The molecule has 0 aliphatic carbocycles. The molecular weight excluding hydrogens is 290 g/mol. The minimum atomic E-state index is -4.81. The van der Waals surface area contributed by atoms with Crippen molar-refractivity contribution < 1.29 is 17.6 Å². The van der Waals surface area contributed by atoms with Crippen molar-refractivity contribution in [1.82, 2.24) is 0 Å². The molecule has 0 amide bonds. The molecule has 0 unspecified atom stereocenters. The SMILES string of the molecule is CC1(C)N=C(N)N=C(N)N1c1ccc(F)c(C(F)(F)F)c1. The predicted octanol–water partition coefficient (Wildman–Crippen LogP) is 2.03. The maximum absolute atomic E-state index is 13.3. The summed E-state index contributed by atoms with van der Waals surface area (Å²) in [5.74, 6) is -1.56. The Morgan fingerprint density at radius 3 is 2.33 bits per heavy atom. The van der Waals surface area contributed by atoms with E-state index < -0.39 is 23.2 Å². The molecule has 0 spiro atoms. The topological polar surface area (TPSA) is 80.0 Å². The molecule has 2 rings (SSSR count). The van der Waals surface area contributed by atoms with Gasteiger partial charge in [-0.3, -0.25) is 4.90 Å². The van der Waals surface area contributed by atoms with Crippen LogP contribution in [0.2, 0.25) is 0 Å². The lowest BCUT2D eigenvalue weighted by molar-refractivity contribution is -0.139. The fraction of sp³-hybridized carbons (Fsp3) is 0.333. The van der Waals surface area contributed by atoms with Gasteiger partial charge >= 0.3 is 6.18 Å². The zero-order valence-corrected chi connectivity index (χ0v) is 11.2. The molecule has 5 nitrogen and oxygen atoms in total. The summed E-state index contributed by atoms with van der Waals surface area (Å²) in [7, 11) is 0. The molecule has 21 heavy (non-hydrogen) atoms. The Bertz CT molecular complexity index is 633. The van der Waals surface area contributed by atoms with Crippen LogP contribution in [0, 0.1) is 5.82 Å². The van der Waals surface area contributed by atoms with E-state index in [-0.39, 0.29) is 17.6 Å². The van der Waals surface area contributed by atoms with Crippen molar-refractivity contribution >= 4 is 17.6 Å². The number of aliphatic imine (C=N–C) groups is 2. The minimum absolute atomic E-state index is 0.0197. The van der Waals surface area contributed by atoms with E-state index in [2.05, 4.69) is 9.98 Å². The molecule has 1 aromatic rings. The molecule has 0 atom stereocenters. The maximum Gasteiger partial charge on any atom is 0.419 e. The molecular formula is C12H13F4N5. The fourth-order valence-electron chi connectivity index (χ4n) is 2.12. The Balaban J connectivity index is 2.55. The van der Waals surface area contributed by atoms with Crippen molar-refractivity contribution in [3.05, 3.63) is 29.6 Å². The number of guanidine groups is 2. The molecule has 0 saturated heterocycles. The first-order valence-corrected chi connectivity index (χ1v) is 5.89. The van der Waals surface area contributed by atoms with Gasteiger partial charge in [-0.25, -0.2) is 9.38 Å². The van der Waals surface area contributed by atoms with Crippen LogP contribution in [0.1, 0.15) is 19.4 Å². The Morgan fingerprint density at radius 2 is 1.81 bits per heavy atom. The first-order chi connectivity index (χ1) is 9.52. The average molecular weight is 303 g/mol. The number of benzene rings is 1. The van der Waals surface area contributed by atoms with Crippen LogP contribution in [0.4, 0.5) is 23.2 Å². The van der Waals surface area contributed by atoms with Crippen LogP contribution in [0.25, 0.3) is 0 Å². The van der Waals surface area contributed by atoms with Crippen molar-refractivity contribution in [2.24, 2.45) is 21.5 Å². The third-order valence-electron chi connectivity index (χ3n) is 2.91. The van der Waals surface area contributed by atoms with Gasteiger partial charge in [-0.05, 0) is 32.0 Å². The van der Waals surface area contributed by atoms with Crippen LogP contribution in [-0.2, 0) is 6.18 Å². The number of hydrogen-bond acceptors (Lipinski definition) is 5. The molecule has 1 aromatic carbocycles. The van der Waals surface area contributed by atoms with Crippen LogP contribution < -0.4 is 16.4 Å². The lowest BCUT2D eigenvalue weighted by Gasteiger charge is -2.38. The van der Waals surface area contributed by atoms with Gasteiger partial charge in [-0.1, -0.05) is 0 Å². The molecule has 1 heterocycles. The first-order valence-electron chi connectivity index (χ1n) is 5.89. The normalized spacial score (nSPS) is 18.3. The average Bonchev–Trinajstić information content (AvgIpc) is 2.27. The van der Waals surface area contributed by atoms with Crippen LogP contribution >= 0.6 is 0 Å².